The van der Waals surface area contributed by atoms with E-state index in [0.29, 0.717) is 0 Å². The van der Waals surface area contributed by atoms with Gasteiger partial charge in [0.05, 0.1) is 11.0 Å². The van der Waals surface area contributed by atoms with Gasteiger partial charge >= 0.3 is 6.18 Å². The number of nitrogens with two attached hydrogens (primary N) is 1. The number of hydrogen-bond donors (Lipinski definition) is 2. The highest BCUT2D eigenvalue weighted by Crippen LogP contribution is 2.22. The van der Waals surface area contributed by atoms with Gasteiger partial charge in [0.15, 0.2) is 0 Å². The van der Waals surface area contributed by atoms with Gasteiger partial charge in [0.25, 0.3) is 0 Å². The van der Waals surface area contributed by atoms with Crippen LogP contribution in [0.1, 0.15) is 12.0 Å². The molecular weight excluding hydrogens is 465 g/mol. The van der Waals surface area contributed by atoms with Gasteiger partial charge < -0.3 is 21.0 Å². The summed E-state index contributed by atoms with van der Waals surface area (Å²) in [5, 5.41) is 3.83. The summed E-state index contributed by atoms with van der Waals surface area (Å²) in [6.07, 6.45) is -4.62. The summed E-state index contributed by atoms with van der Waals surface area (Å²) in [4.78, 5) is 14.9. The molecule has 2 rings (SSSR count). The van der Waals surface area contributed by atoms with Gasteiger partial charge in [0.2, 0.25) is 5.91 Å². The fraction of sp³-hybridized carbons (Fsp3) is 0.529. The van der Waals surface area contributed by atoms with Crippen molar-refractivity contribution in [1.29, 1.82) is 0 Å². The molecule has 162 valence electrons. The fourth-order valence-corrected chi connectivity index (χ4v) is 3.30. The zero-order chi connectivity index (χ0) is 21.8. The van der Waals surface area contributed by atoms with E-state index in [1.54, 1.807) is 0 Å². The Morgan fingerprint density at radius 2 is 2.00 bits per heavy atom. The average Bonchev–Trinajstić information content (AvgIpc) is 2.60. The maximum absolute atomic E-state index is 13.9. The van der Waals surface area contributed by atoms with Gasteiger partial charge in [-0.05, 0) is 40.0 Å². The van der Waals surface area contributed by atoms with Crippen LogP contribution in [0, 0.1) is 11.6 Å². The Kier molecular flexibility index (Phi) is 7.80. The summed E-state index contributed by atoms with van der Waals surface area (Å²) in [6, 6.07) is 1.21. The summed E-state index contributed by atoms with van der Waals surface area (Å²) >= 11 is 2.88. The van der Waals surface area contributed by atoms with E-state index < -0.39 is 36.3 Å². The smallest absolute Gasteiger partial charge is 0.346 e. The first-order valence-corrected chi connectivity index (χ1v) is 9.51. The van der Waals surface area contributed by atoms with Crippen LogP contribution in [-0.4, -0.2) is 67.0 Å². The number of amides is 1. The van der Waals surface area contributed by atoms with Crippen LogP contribution in [0.25, 0.3) is 0 Å². The number of benzene rings is 1. The molecule has 0 spiro atoms. The summed E-state index contributed by atoms with van der Waals surface area (Å²) in [7, 11) is 1.45. The lowest BCUT2D eigenvalue weighted by atomic mass is 10.0. The van der Waals surface area contributed by atoms with Crippen molar-refractivity contribution in [1.82, 2.24) is 15.2 Å². The van der Waals surface area contributed by atoms with Gasteiger partial charge in [-0.1, -0.05) is 0 Å². The Morgan fingerprint density at radius 1 is 1.31 bits per heavy atom. The van der Waals surface area contributed by atoms with Crippen molar-refractivity contribution in [2.45, 2.75) is 25.1 Å². The van der Waals surface area contributed by atoms with E-state index >= 15 is 0 Å². The van der Waals surface area contributed by atoms with Crippen LogP contribution in [-0.2, 0) is 11.2 Å². The Bertz CT molecular complexity index is 773. The molecule has 1 aliphatic rings. The Labute approximate surface area is 173 Å². The molecule has 1 fully saturated rings. The van der Waals surface area contributed by atoms with Crippen molar-refractivity contribution >= 4 is 27.7 Å². The van der Waals surface area contributed by atoms with Crippen molar-refractivity contribution in [3.05, 3.63) is 33.8 Å². The Hall–Kier alpha value is -1.95. The maximum Gasteiger partial charge on any atom is 0.405 e. The molecule has 12 heteroatoms. The van der Waals surface area contributed by atoms with Crippen molar-refractivity contribution in [3.8, 4) is 0 Å². The summed E-state index contributed by atoms with van der Waals surface area (Å²) < 4.78 is 65.6. The third-order valence-corrected chi connectivity index (χ3v) is 4.92. The van der Waals surface area contributed by atoms with Crippen molar-refractivity contribution < 1.29 is 26.7 Å². The first-order chi connectivity index (χ1) is 13.5. The standard InChI is InChI=1S/C17H21BrF5N5O/c1-25-26-15-8-27(2-3-28(15)9-17(21,22)23)16(29)6-11(24)4-10-5-14(20)12(18)7-13(10)19/h5,7,11,25H,2-4,6,8-9,24H2,1H3/b26-15-. The van der Waals surface area contributed by atoms with Crippen molar-refractivity contribution in [2.24, 2.45) is 10.8 Å². The number of piperazine rings is 1. The maximum atomic E-state index is 13.9. The van der Waals surface area contributed by atoms with Crippen LogP contribution >= 0.6 is 15.9 Å². The first-order valence-electron chi connectivity index (χ1n) is 8.72. The van der Waals surface area contributed by atoms with Crippen molar-refractivity contribution in [2.75, 3.05) is 33.2 Å². The SMILES string of the molecule is CN/N=C1/CN(C(=O)CC(N)Cc2cc(F)c(Br)cc2F)CCN1CC(F)(F)F. The lowest BCUT2D eigenvalue weighted by molar-refractivity contribution is -0.141. The third-order valence-electron chi connectivity index (χ3n) is 4.31. The molecular formula is C17H21BrF5N5O. The molecule has 1 amide bonds. The molecule has 1 aliphatic heterocycles. The number of nitrogens with zero attached hydrogens (tertiary/aromatic N) is 3. The summed E-state index contributed by atoms with van der Waals surface area (Å²) in [5.74, 6) is -1.61. The first kappa shape index (κ1) is 23.3. The molecule has 1 heterocycles. The van der Waals surface area contributed by atoms with Gasteiger partial charge in [-0.15, -0.1) is 0 Å². The number of hydrazone groups is 1. The van der Waals surface area contributed by atoms with Crippen LogP contribution in [0.15, 0.2) is 21.7 Å². The lowest BCUT2D eigenvalue weighted by Crippen LogP contribution is -2.55. The van der Waals surface area contributed by atoms with Crippen molar-refractivity contribution in [3.63, 3.8) is 0 Å². The monoisotopic (exact) mass is 485 g/mol. The van der Waals surface area contributed by atoms with Gasteiger partial charge in [-0.2, -0.15) is 18.3 Å². The normalized spacial score (nSPS) is 17.6. The average molecular weight is 486 g/mol. The number of nitrogens with one attached hydrogen (secondary N) is 1. The second-order valence-electron chi connectivity index (χ2n) is 6.63. The van der Waals surface area contributed by atoms with Gasteiger partial charge in [0.1, 0.15) is 24.0 Å². The predicted molar refractivity (Wildman–Crippen MR) is 101 cm³/mol. The van der Waals surface area contributed by atoms with E-state index in [1.165, 1.54) is 11.9 Å². The molecule has 0 aromatic heterocycles. The van der Waals surface area contributed by atoms with Crippen LogP contribution in [0.4, 0.5) is 22.0 Å². The molecule has 0 radical (unpaired) electrons. The molecule has 1 unspecified atom stereocenters. The zero-order valence-corrected chi connectivity index (χ0v) is 17.2. The second-order valence-corrected chi connectivity index (χ2v) is 7.48. The van der Waals surface area contributed by atoms with E-state index in [9.17, 15) is 26.7 Å². The largest absolute Gasteiger partial charge is 0.405 e. The zero-order valence-electron chi connectivity index (χ0n) is 15.6. The molecule has 0 saturated carbocycles. The van der Waals surface area contributed by atoms with E-state index in [1.807, 2.05) is 0 Å². The number of amidine groups is 1. The van der Waals surface area contributed by atoms with Crippen LogP contribution in [0.2, 0.25) is 0 Å². The molecule has 6 nitrogen and oxygen atoms in total. The van der Waals surface area contributed by atoms with Crippen LogP contribution in [0.5, 0.6) is 0 Å². The number of halogens is 6. The fourth-order valence-electron chi connectivity index (χ4n) is 2.98. The molecule has 1 aromatic carbocycles. The van der Waals surface area contributed by atoms with Crippen LogP contribution < -0.4 is 11.2 Å². The Morgan fingerprint density at radius 3 is 2.62 bits per heavy atom. The highest BCUT2D eigenvalue weighted by atomic mass is 79.9. The topological polar surface area (TPSA) is 74.0 Å². The lowest BCUT2D eigenvalue weighted by Gasteiger charge is -2.37. The Balaban J connectivity index is 1.98. The van der Waals surface area contributed by atoms with Gasteiger partial charge in [0, 0.05) is 32.6 Å². The highest BCUT2D eigenvalue weighted by molar-refractivity contribution is 9.10. The van der Waals surface area contributed by atoms with Crippen LogP contribution in [0.3, 0.4) is 0 Å². The predicted octanol–water partition coefficient (Wildman–Crippen LogP) is 2.23. The summed E-state index contributed by atoms with van der Waals surface area (Å²) in [6.45, 7) is -1.23. The molecule has 3 N–H and O–H groups in total. The quantitative estimate of drug-likeness (QED) is 0.368. The highest BCUT2D eigenvalue weighted by Gasteiger charge is 2.35. The molecule has 29 heavy (non-hydrogen) atoms. The number of alkyl halides is 3. The molecule has 1 aromatic rings. The van der Waals surface area contributed by atoms with Gasteiger partial charge in [-0.3, -0.25) is 4.79 Å². The number of hydrogen-bond acceptors (Lipinski definition) is 4. The minimum atomic E-state index is -4.40. The number of carbonyl (C=O) groups excluding carboxylic acids is 1. The third kappa shape index (κ3) is 6.81. The van der Waals surface area contributed by atoms with E-state index in [-0.39, 0.29) is 48.3 Å². The van der Waals surface area contributed by atoms with E-state index in [4.69, 9.17) is 5.73 Å². The molecule has 1 atom stereocenters. The van der Waals surface area contributed by atoms with E-state index in [2.05, 4.69) is 26.5 Å². The molecule has 0 aliphatic carbocycles. The number of rotatable bonds is 6. The summed E-state index contributed by atoms with van der Waals surface area (Å²) in [5.41, 5.74) is 8.40. The second kappa shape index (κ2) is 9.70. The number of carbonyl (C=O) groups is 1. The molecule has 0 bridgehead atoms. The molecule has 1 saturated heterocycles. The minimum Gasteiger partial charge on any atom is -0.346 e. The van der Waals surface area contributed by atoms with Gasteiger partial charge in [-0.25, -0.2) is 8.78 Å². The minimum absolute atomic E-state index is 0.0172. The van der Waals surface area contributed by atoms with E-state index in [0.717, 1.165) is 17.0 Å².